The smallest absolute Gasteiger partial charge is 0.264 e. The van der Waals surface area contributed by atoms with E-state index in [0.717, 1.165) is 33.9 Å². The van der Waals surface area contributed by atoms with Gasteiger partial charge in [-0.1, -0.05) is 110 Å². The average molecular weight is 846 g/mol. The number of hydrogen-bond donors (Lipinski definition) is 1. The van der Waals surface area contributed by atoms with Crippen molar-refractivity contribution >= 4 is 59.5 Å². The third kappa shape index (κ3) is 7.15. The molecule has 4 aliphatic rings. The Hall–Kier alpha value is -6.21. The van der Waals surface area contributed by atoms with Crippen LogP contribution < -0.4 is 24.8 Å². The van der Waals surface area contributed by atoms with Crippen LogP contribution in [-0.4, -0.2) is 62.1 Å². The molecule has 4 atom stereocenters. The second kappa shape index (κ2) is 16.6. The standard InChI is InChI=1S/C50H51N5O6Si/c1-33-48(62(3,4)40-22-20-39(60-2)21-23-40)45(29-30-56)61-50(33)41-31-38(55-47(58)28-25-43(52-55)36-13-9-6-10-14-36)19-26-44(41)53(49(50)59)32-34-15-17-37(18-16-34)54-46(57)27-24-42(51-54)35-11-7-5-8-12-35/h5-23,26,31,33,45,48,56H,24-25,27-30,32H2,1-4H3/t33-,45+,48-,50+/m1/s1. The molecule has 5 aromatic carbocycles. The zero-order chi connectivity index (χ0) is 43.2. The van der Waals surface area contributed by atoms with Crippen LogP contribution in [0.2, 0.25) is 18.6 Å². The number of aliphatic hydroxyl groups excluding tert-OH is 1. The Morgan fingerprint density at radius 3 is 1.87 bits per heavy atom. The number of anilines is 3. The first-order chi connectivity index (χ1) is 30.0. The topological polar surface area (TPSA) is 124 Å². The molecule has 4 heterocycles. The summed E-state index contributed by atoms with van der Waals surface area (Å²) in [5.41, 5.74) is 5.59. The van der Waals surface area contributed by atoms with Gasteiger partial charge in [0.1, 0.15) is 5.75 Å². The molecular formula is C50H51N5O6Si. The van der Waals surface area contributed by atoms with Gasteiger partial charge in [-0.25, -0.2) is 10.0 Å². The quantitative estimate of drug-likeness (QED) is 0.135. The lowest BCUT2D eigenvalue weighted by Gasteiger charge is -2.37. The van der Waals surface area contributed by atoms with Crippen molar-refractivity contribution in [3.8, 4) is 5.75 Å². The molecule has 1 saturated heterocycles. The maximum atomic E-state index is 15.5. The Morgan fingerprint density at radius 2 is 1.31 bits per heavy atom. The first-order valence-electron chi connectivity index (χ1n) is 21.4. The van der Waals surface area contributed by atoms with Gasteiger partial charge in [0, 0.05) is 43.8 Å². The molecule has 0 bridgehead atoms. The molecule has 4 aliphatic heterocycles. The van der Waals surface area contributed by atoms with Crippen LogP contribution in [-0.2, 0) is 31.3 Å². The fourth-order valence-electron chi connectivity index (χ4n) is 10.1. The zero-order valence-corrected chi connectivity index (χ0v) is 36.5. The van der Waals surface area contributed by atoms with E-state index in [0.29, 0.717) is 54.7 Å². The predicted molar refractivity (Wildman–Crippen MR) is 245 cm³/mol. The van der Waals surface area contributed by atoms with Gasteiger partial charge in [0.25, 0.3) is 5.91 Å². The number of carbonyl (C=O) groups excluding carboxylic acids is 3. The Morgan fingerprint density at radius 1 is 0.742 bits per heavy atom. The summed E-state index contributed by atoms with van der Waals surface area (Å²) in [5, 5.41) is 24.2. The number of fused-ring (bicyclic) bond motifs is 2. The average Bonchev–Trinajstić information content (AvgIpc) is 3.73. The van der Waals surface area contributed by atoms with Gasteiger partial charge >= 0.3 is 0 Å². The van der Waals surface area contributed by atoms with Crippen molar-refractivity contribution in [2.45, 2.75) is 75.9 Å². The molecule has 12 heteroatoms. The molecule has 9 rings (SSSR count). The first-order valence-corrected chi connectivity index (χ1v) is 24.5. The molecule has 0 unspecified atom stereocenters. The molecule has 316 valence electrons. The number of amides is 3. The molecular weight excluding hydrogens is 795 g/mol. The third-order valence-electron chi connectivity index (χ3n) is 13.3. The molecule has 1 N–H and O–H groups in total. The molecule has 3 amide bonds. The Bertz CT molecular complexity index is 2560. The van der Waals surface area contributed by atoms with Crippen molar-refractivity contribution in [1.29, 1.82) is 0 Å². The van der Waals surface area contributed by atoms with Crippen molar-refractivity contribution in [3.05, 3.63) is 150 Å². The minimum absolute atomic E-state index is 0.0644. The highest BCUT2D eigenvalue weighted by Crippen LogP contribution is 2.60. The van der Waals surface area contributed by atoms with Crippen LogP contribution in [0.15, 0.2) is 138 Å². The van der Waals surface area contributed by atoms with Gasteiger partial charge in [0.15, 0.2) is 5.60 Å². The van der Waals surface area contributed by atoms with Crippen LogP contribution in [0.4, 0.5) is 17.1 Å². The number of nitrogens with zero attached hydrogens (tertiary/aromatic N) is 5. The van der Waals surface area contributed by atoms with Gasteiger partial charge < -0.3 is 19.5 Å². The Kier molecular flexibility index (Phi) is 11.0. The summed E-state index contributed by atoms with van der Waals surface area (Å²) in [6.45, 7) is 6.88. The number of rotatable bonds is 11. The highest BCUT2D eigenvalue weighted by atomic mass is 28.3. The Labute approximate surface area is 363 Å². The summed E-state index contributed by atoms with van der Waals surface area (Å²) >= 11 is 0. The van der Waals surface area contributed by atoms with Gasteiger partial charge in [0.05, 0.1) is 56.3 Å². The molecule has 0 aliphatic carbocycles. The Balaban J connectivity index is 1.10. The largest absolute Gasteiger partial charge is 0.497 e. The van der Waals surface area contributed by atoms with E-state index >= 15 is 4.79 Å². The van der Waals surface area contributed by atoms with Crippen molar-refractivity contribution in [3.63, 3.8) is 0 Å². The van der Waals surface area contributed by atoms with Crippen LogP contribution in [0.3, 0.4) is 0 Å². The number of carbonyl (C=O) groups is 3. The normalized spacial score (nSPS) is 22.6. The molecule has 0 radical (unpaired) electrons. The fraction of sp³-hybridized carbons (Fsp3) is 0.300. The SMILES string of the molecule is COc1ccc([Si](C)(C)[C@H]2[C@H](CCO)O[C@@]3(C(=O)N(Cc4ccc(N5N=C(c6ccccc6)CCC5=O)cc4)c4ccc(N5N=C(c6ccccc6)CCC5=O)cc43)[C@@H]2C)cc1. The summed E-state index contributed by atoms with van der Waals surface area (Å²) in [6.07, 6.45) is 1.71. The van der Waals surface area contributed by atoms with E-state index in [4.69, 9.17) is 19.7 Å². The molecule has 0 aromatic heterocycles. The van der Waals surface area contributed by atoms with E-state index in [1.165, 1.54) is 15.2 Å². The van der Waals surface area contributed by atoms with Crippen LogP contribution in [0.1, 0.15) is 61.3 Å². The number of benzene rings is 5. The predicted octanol–water partition coefficient (Wildman–Crippen LogP) is 7.90. The molecule has 5 aromatic rings. The van der Waals surface area contributed by atoms with Crippen LogP contribution in [0.5, 0.6) is 5.75 Å². The van der Waals surface area contributed by atoms with E-state index in [2.05, 4.69) is 32.2 Å². The van der Waals surface area contributed by atoms with Gasteiger partial charge in [-0.3, -0.25) is 14.4 Å². The lowest BCUT2D eigenvalue weighted by atomic mass is 9.82. The second-order valence-electron chi connectivity index (χ2n) is 17.2. The lowest BCUT2D eigenvalue weighted by Crippen LogP contribution is -2.51. The first kappa shape index (κ1) is 41.2. The van der Waals surface area contributed by atoms with Gasteiger partial charge in [0.2, 0.25) is 11.8 Å². The van der Waals surface area contributed by atoms with E-state index in [-0.39, 0.29) is 42.3 Å². The number of methoxy groups -OCH3 is 1. The monoisotopic (exact) mass is 845 g/mol. The van der Waals surface area contributed by atoms with E-state index < -0.39 is 19.8 Å². The molecule has 1 spiro atoms. The minimum Gasteiger partial charge on any atom is -0.497 e. The highest BCUT2D eigenvalue weighted by molar-refractivity contribution is 6.91. The van der Waals surface area contributed by atoms with E-state index in [1.807, 2.05) is 115 Å². The van der Waals surface area contributed by atoms with Crippen LogP contribution in [0, 0.1) is 5.92 Å². The van der Waals surface area contributed by atoms with E-state index in [9.17, 15) is 14.7 Å². The van der Waals surface area contributed by atoms with Crippen molar-refractivity contribution in [2.24, 2.45) is 16.1 Å². The zero-order valence-electron chi connectivity index (χ0n) is 35.5. The number of aliphatic hydroxyl groups is 1. The van der Waals surface area contributed by atoms with Crippen molar-refractivity contribution in [2.75, 3.05) is 28.6 Å². The van der Waals surface area contributed by atoms with E-state index in [1.54, 1.807) is 12.0 Å². The summed E-state index contributed by atoms with van der Waals surface area (Å²) in [7, 11) is -0.784. The lowest BCUT2D eigenvalue weighted by molar-refractivity contribution is -0.146. The second-order valence-corrected chi connectivity index (χ2v) is 21.9. The minimum atomic E-state index is -2.44. The van der Waals surface area contributed by atoms with Crippen molar-refractivity contribution < 1.29 is 29.0 Å². The maximum absolute atomic E-state index is 15.5. The molecule has 11 nitrogen and oxygen atoms in total. The summed E-state index contributed by atoms with van der Waals surface area (Å²) in [4.78, 5) is 44.1. The maximum Gasteiger partial charge on any atom is 0.264 e. The van der Waals surface area contributed by atoms with Gasteiger partial charge in [-0.2, -0.15) is 10.2 Å². The van der Waals surface area contributed by atoms with Crippen LogP contribution in [0.25, 0.3) is 0 Å². The van der Waals surface area contributed by atoms with Gasteiger partial charge in [-0.05, 0) is 71.1 Å². The van der Waals surface area contributed by atoms with Gasteiger partial charge in [-0.15, -0.1) is 0 Å². The summed E-state index contributed by atoms with van der Waals surface area (Å²) < 4.78 is 12.7. The number of hydrogen-bond acceptors (Lipinski definition) is 8. The molecule has 1 fully saturated rings. The van der Waals surface area contributed by atoms with Crippen LogP contribution >= 0.6 is 0 Å². The summed E-state index contributed by atoms with van der Waals surface area (Å²) in [6, 6.07) is 41.3. The third-order valence-corrected chi connectivity index (χ3v) is 17.6. The fourth-order valence-corrected chi connectivity index (χ4v) is 14.2. The van der Waals surface area contributed by atoms with Crippen molar-refractivity contribution in [1.82, 2.24) is 0 Å². The number of ether oxygens (including phenoxy) is 2. The number of hydrazone groups is 2. The summed E-state index contributed by atoms with van der Waals surface area (Å²) in [5.74, 6) is 0.0710. The molecule has 0 saturated carbocycles. The highest BCUT2D eigenvalue weighted by Gasteiger charge is 2.66. The molecule has 62 heavy (non-hydrogen) atoms.